The molecule has 2 aliphatic rings. The third-order valence-corrected chi connectivity index (χ3v) is 8.12. The number of fused-ring (bicyclic) bond motifs is 1. The summed E-state index contributed by atoms with van der Waals surface area (Å²) in [5.74, 6) is -0.253. The molecule has 0 amide bonds. The smallest absolute Gasteiger partial charge is 0.390 e. The molecule has 2 saturated heterocycles. The number of anilines is 1. The summed E-state index contributed by atoms with van der Waals surface area (Å²) in [5.41, 5.74) is 4.64. The van der Waals surface area contributed by atoms with Crippen LogP contribution in [0.1, 0.15) is 19.6 Å². The molecule has 2 aromatic rings. The minimum atomic E-state index is -5.40. The van der Waals surface area contributed by atoms with Gasteiger partial charge in [0.15, 0.2) is 23.7 Å². The van der Waals surface area contributed by atoms with Gasteiger partial charge in [0.1, 0.15) is 24.4 Å². The van der Waals surface area contributed by atoms with E-state index >= 15 is 0 Å². The van der Waals surface area contributed by atoms with Gasteiger partial charge in [-0.1, -0.05) is 0 Å². The van der Waals surface area contributed by atoms with E-state index in [4.69, 9.17) is 15.2 Å². The number of aliphatic hydroxyl groups excluding tert-OH is 4. The van der Waals surface area contributed by atoms with Gasteiger partial charge in [0.25, 0.3) is 5.56 Å². The average molecular weight is 573 g/mol. The fourth-order valence-electron chi connectivity index (χ4n) is 3.81. The summed E-state index contributed by atoms with van der Waals surface area (Å²) in [5, 5.41) is 40.3. The molecule has 2 fully saturated rings. The highest BCUT2D eigenvalue weighted by Crippen LogP contribution is 2.61. The number of phosphoric acid groups is 2. The zero-order valence-electron chi connectivity index (χ0n) is 18.9. The molecule has 2 aromatic heterocycles. The van der Waals surface area contributed by atoms with Gasteiger partial charge in [-0.05, 0) is 6.92 Å². The molecular formula is C16H25N5O14P2. The van der Waals surface area contributed by atoms with Crippen molar-refractivity contribution in [3.63, 3.8) is 0 Å². The third kappa shape index (κ3) is 6.10. The Balaban J connectivity index is 1.40. The van der Waals surface area contributed by atoms with Gasteiger partial charge >= 0.3 is 15.6 Å². The molecule has 0 saturated carbocycles. The van der Waals surface area contributed by atoms with Crippen LogP contribution in [-0.2, 0) is 32.0 Å². The van der Waals surface area contributed by atoms with Crippen LogP contribution >= 0.6 is 15.6 Å². The van der Waals surface area contributed by atoms with Crippen molar-refractivity contribution >= 4 is 32.8 Å². The summed E-state index contributed by atoms with van der Waals surface area (Å²) < 4.78 is 49.5. The summed E-state index contributed by atoms with van der Waals surface area (Å²) in [6, 6.07) is 0. The van der Waals surface area contributed by atoms with Crippen molar-refractivity contribution < 1.29 is 62.2 Å². The van der Waals surface area contributed by atoms with E-state index in [0.29, 0.717) is 0 Å². The zero-order valence-corrected chi connectivity index (χ0v) is 20.7. The van der Waals surface area contributed by atoms with E-state index in [1.54, 1.807) is 0 Å². The number of hydrogen-bond donors (Lipinski definition) is 8. The summed E-state index contributed by atoms with van der Waals surface area (Å²) in [6.07, 6.45) is -10.8. The summed E-state index contributed by atoms with van der Waals surface area (Å²) in [6.45, 7) is 0.558. The summed E-state index contributed by atoms with van der Waals surface area (Å²) >= 11 is 0. The van der Waals surface area contributed by atoms with Gasteiger partial charge in [0.2, 0.25) is 5.95 Å². The first-order valence-corrected chi connectivity index (χ1v) is 13.6. The number of aromatic amines is 1. The molecule has 2 aliphatic heterocycles. The fraction of sp³-hybridized carbons (Fsp3) is 0.688. The molecule has 0 spiro atoms. The van der Waals surface area contributed by atoms with Gasteiger partial charge < -0.3 is 45.4 Å². The molecule has 208 valence electrons. The lowest BCUT2D eigenvalue weighted by Gasteiger charge is -2.35. The first-order chi connectivity index (χ1) is 17.2. The van der Waals surface area contributed by atoms with Gasteiger partial charge in [-0.3, -0.25) is 23.4 Å². The maximum Gasteiger partial charge on any atom is 0.483 e. The number of aromatic nitrogens is 4. The highest BCUT2D eigenvalue weighted by Gasteiger charge is 2.47. The van der Waals surface area contributed by atoms with Gasteiger partial charge in [-0.25, -0.2) is 14.1 Å². The summed E-state index contributed by atoms with van der Waals surface area (Å²) in [4.78, 5) is 41.7. The van der Waals surface area contributed by atoms with Gasteiger partial charge in [0, 0.05) is 6.42 Å². The average Bonchev–Trinajstić information content (AvgIpc) is 3.30. The minimum Gasteiger partial charge on any atom is -0.390 e. The van der Waals surface area contributed by atoms with E-state index in [9.17, 15) is 44.1 Å². The molecular weight excluding hydrogens is 548 g/mol. The number of rotatable bonds is 8. The van der Waals surface area contributed by atoms with Crippen molar-refractivity contribution in [2.45, 2.75) is 62.5 Å². The maximum atomic E-state index is 12.3. The number of H-pyrrole nitrogens is 1. The lowest BCUT2D eigenvalue weighted by Crippen LogP contribution is -2.48. The molecule has 4 rings (SSSR count). The van der Waals surface area contributed by atoms with Crippen LogP contribution in [0.2, 0.25) is 0 Å². The van der Waals surface area contributed by atoms with Gasteiger partial charge in [-0.2, -0.15) is 9.29 Å². The number of nitrogens with one attached hydrogen (secondary N) is 1. The second-order valence-corrected chi connectivity index (χ2v) is 11.3. The molecule has 0 bridgehead atoms. The number of nitrogens with zero attached hydrogens (tertiary/aromatic N) is 3. The number of aliphatic hydroxyl groups is 4. The van der Waals surface area contributed by atoms with Crippen molar-refractivity contribution in [2.24, 2.45) is 0 Å². The normalized spacial score (nSPS) is 35.9. The first kappa shape index (κ1) is 28.2. The van der Waals surface area contributed by atoms with Crippen LogP contribution in [0.3, 0.4) is 0 Å². The number of ether oxygens (including phenoxy) is 2. The first-order valence-electron chi connectivity index (χ1n) is 10.6. The standard InChI is InChI=1S/C16H25N5O14P2/c1-5-2-6(22)9(23)15(32-5)34-37(29,30)35-36(27,28)31-3-7-10(24)11(25)14(33-7)21-4-18-8-12(21)19-16(17)20-13(8)26/h4-7,9-11,14-15,22-25H,2-3H2,1H3,(H,27,28)(H,29,30)(H3,17,19,20,26)/t5-,6+,7+,9-,10+,11+,14+,15+/m0/s1. The molecule has 37 heavy (non-hydrogen) atoms. The number of phosphoric ester groups is 2. The molecule has 21 heteroatoms. The monoisotopic (exact) mass is 573 g/mol. The third-order valence-electron chi connectivity index (χ3n) is 5.52. The minimum absolute atomic E-state index is 0.00455. The van der Waals surface area contributed by atoms with Crippen LogP contribution < -0.4 is 11.3 Å². The quantitative estimate of drug-likeness (QED) is 0.150. The van der Waals surface area contributed by atoms with E-state index in [-0.39, 0.29) is 23.5 Å². The Morgan fingerprint density at radius 1 is 1.16 bits per heavy atom. The second kappa shape index (κ2) is 10.4. The van der Waals surface area contributed by atoms with E-state index in [0.717, 1.165) is 10.9 Å². The molecule has 4 heterocycles. The highest BCUT2D eigenvalue weighted by atomic mass is 31.3. The molecule has 10 atom stereocenters. The SMILES string of the molecule is C[C@H]1C[C@@H](O)[C@H](O)[C@@H](OP(=O)(O)OP(=O)(O)OC[C@H]2O[C@@H](n3cnc4c(=O)[nH]c(N)nc43)[C@H](O)[C@@H]2O)O1. The molecule has 9 N–H and O–H groups in total. The molecule has 19 nitrogen and oxygen atoms in total. The Labute approximate surface area is 206 Å². The number of hydrogen-bond acceptors (Lipinski definition) is 15. The van der Waals surface area contributed by atoms with Gasteiger partial charge in [-0.15, -0.1) is 0 Å². The van der Waals surface area contributed by atoms with E-state index in [1.807, 2.05) is 0 Å². The number of nitrogen functional groups attached to an aromatic ring is 1. The predicted molar refractivity (Wildman–Crippen MR) is 117 cm³/mol. The van der Waals surface area contributed by atoms with Crippen LogP contribution in [0.5, 0.6) is 0 Å². The van der Waals surface area contributed by atoms with Crippen LogP contribution in [0.15, 0.2) is 11.1 Å². The molecule has 0 aliphatic carbocycles. The Morgan fingerprint density at radius 3 is 2.57 bits per heavy atom. The van der Waals surface area contributed by atoms with Crippen LogP contribution in [0, 0.1) is 0 Å². The van der Waals surface area contributed by atoms with Crippen LogP contribution in [-0.4, -0.2) is 99.3 Å². The van der Waals surface area contributed by atoms with E-state index in [1.165, 1.54) is 6.92 Å². The zero-order chi connectivity index (χ0) is 27.3. The van der Waals surface area contributed by atoms with Crippen LogP contribution in [0.4, 0.5) is 5.95 Å². The topological polar surface area (TPSA) is 291 Å². The van der Waals surface area contributed by atoms with Crippen molar-refractivity contribution in [1.29, 1.82) is 0 Å². The summed E-state index contributed by atoms with van der Waals surface area (Å²) in [7, 11) is -10.8. The maximum absolute atomic E-state index is 12.3. The van der Waals surface area contributed by atoms with E-state index < -0.39 is 77.0 Å². The number of imidazole rings is 1. The van der Waals surface area contributed by atoms with Crippen molar-refractivity contribution in [3.05, 3.63) is 16.7 Å². The Bertz CT molecular complexity index is 1290. The molecule has 2 unspecified atom stereocenters. The lowest BCUT2D eigenvalue weighted by atomic mass is 10.0. The van der Waals surface area contributed by atoms with Crippen molar-refractivity contribution in [3.8, 4) is 0 Å². The van der Waals surface area contributed by atoms with Crippen molar-refractivity contribution in [2.75, 3.05) is 12.3 Å². The molecule has 0 aromatic carbocycles. The predicted octanol–water partition coefficient (Wildman–Crippen LogP) is -2.57. The largest absolute Gasteiger partial charge is 0.483 e. The fourth-order valence-corrected chi connectivity index (χ4v) is 5.97. The molecule has 0 radical (unpaired) electrons. The number of nitrogens with two attached hydrogens (primary N) is 1. The van der Waals surface area contributed by atoms with E-state index in [2.05, 4.69) is 28.3 Å². The highest BCUT2D eigenvalue weighted by molar-refractivity contribution is 7.61. The Hall–Kier alpha value is -1.83. The Kier molecular flexibility index (Phi) is 7.91. The second-order valence-electron chi connectivity index (χ2n) is 8.35. The van der Waals surface area contributed by atoms with Crippen molar-refractivity contribution in [1.82, 2.24) is 19.5 Å². The van der Waals surface area contributed by atoms with Gasteiger partial charge in [0.05, 0.1) is 25.1 Å². The Morgan fingerprint density at radius 2 is 1.86 bits per heavy atom. The lowest BCUT2D eigenvalue weighted by molar-refractivity contribution is -0.235. The van der Waals surface area contributed by atoms with Crippen LogP contribution in [0.25, 0.3) is 11.2 Å².